The van der Waals surface area contributed by atoms with Crippen LogP contribution in [0.4, 0.5) is 0 Å². The molecule has 0 radical (unpaired) electrons. The van der Waals surface area contributed by atoms with Crippen molar-refractivity contribution in [3.05, 3.63) is 35.3 Å². The first-order valence-electron chi connectivity index (χ1n) is 5.41. The van der Waals surface area contributed by atoms with Crippen molar-refractivity contribution < 1.29 is 14.6 Å². The molecule has 2 rings (SSSR count). The van der Waals surface area contributed by atoms with Gasteiger partial charge in [0, 0.05) is 5.56 Å². The molecule has 1 atom stereocenters. The predicted molar refractivity (Wildman–Crippen MR) is 67.3 cm³/mol. The van der Waals surface area contributed by atoms with E-state index in [0.717, 1.165) is 5.56 Å². The average molecular weight is 264 g/mol. The van der Waals surface area contributed by atoms with Crippen molar-refractivity contribution in [2.45, 2.75) is 13.0 Å². The molecule has 0 fully saturated rings. The number of carbonyl (C=O) groups excluding carboxylic acids is 1. The molecule has 1 unspecified atom stereocenters. The fourth-order valence-electron chi connectivity index (χ4n) is 1.27. The van der Waals surface area contributed by atoms with Crippen LogP contribution in [0.1, 0.15) is 16.7 Å². The second-order valence-electron chi connectivity index (χ2n) is 3.68. The van der Waals surface area contributed by atoms with E-state index < -0.39 is 12.1 Å². The summed E-state index contributed by atoms with van der Waals surface area (Å²) >= 11 is 1.17. The number of rotatable bonds is 4. The first-order chi connectivity index (χ1) is 8.70. The molecule has 0 aliphatic carbocycles. The van der Waals surface area contributed by atoms with Gasteiger partial charge < -0.3 is 9.84 Å². The summed E-state index contributed by atoms with van der Waals surface area (Å²) in [5.41, 5.74) is 0.907. The van der Waals surface area contributed by atoms with Crippen LogP contribution in [0.3, 0.4) is 0 Å². The molecule has 0 saturated heterocycles. The van der Waals surface area contributed by atoms with E-state index in [1.165, 1.54) is 11.3 Å². The summed E-state index contributed by atoms with van der Waals surface area (Å²) < 4.78 is 4.95. The van der Waals surface area contributed by atoms with Gasteiger partial charge in [-0.3, -0.25) is 0 Å². The van der Waals surface area contributed by atoms with Crippen molar-refractivity contribution in [3.8, 4) is 10.6 Å². The quantitative estimate of drug-likeness (QED) is 0.852. The number of ether oxygens (including phenoxy) is 1. The number of esters is 1. The third-order valence-corrected chi connectivity index (χ3v) is 3.14. The molecule has 0 aliphatic rings. The zero-order valence-electron chi connectivity index (χ0n) is 9.74. The van der Waals surface area contributed by atoms with E-state index in [1.54, 1.807) is 6.92 Å². The van der Waals surface area contributed by atoms with E-state index in [-0.39, 0.29) is 11.6 Å². The number of nitrogens with zero attached hydrogens (tertiary/aromatic N) is 2. The molecule has 2 aromatic rings. The first kappa shape index (κ1) is 12.7. The summed E-state index contributed by atoms with van der Waals surface area (Å²) in [7, 11) is 0. The Balaban J connectivity index is 2.13. The molecule has 6 heteroatoms. The number of aromatic nitrogens is 2. The summed E-state index contributed by atoms with van der Waals surface area (Å²) in [5.74, 6) is -0.559. The third kappa shape index (κ3) is 2.91. The summed E-state index contributed by atoms with van der Waals surface area (Å²) in [6.45, 7) is 1.40. The Morgan fingerprint density at radius 2 is 2.11 bits per heavy atom. The normalized spacial score (nSPS) is 12.1. The lowest BCUT2D eigenvalue weighted by Crippen LogP contribution is -2.18. The van der Waals surface area contributed by atoms with Crippen LogP contribution in [-0.2, 0) is 4.74 Å². The molecule has 1 aromatic heterocycles. The van der Waals surface area contributed by atoms with Gasteiger partial charge >= 0.3 is 5.97 Å². The van der Waals surface area contributed by atoms with Gasteiger partial charge in [0.25, 0.3) is 0 Å². The highest BCUT2D eigenvalue weighted by Gasteiger charge is 2.17. The maximum absolute atomic E-state index is 11.6. The van der Waals surface area contributed by atoms with E-state index >= 15 is 0 Å². The van der Waals surface area contributed by atoms with Crippen molar-refractivity contribution in [1.82, 2.24) is 10.2 Å². The van der Waals surface area contributed by atoms with Crippen molar-refractivity contribution >= 4 is 17.3 Å². The maximum atomic E-state index is 11.6. The maximum Gasteiger partial charge on any atom is 0.369 e. The van der Waals surface area contributed by atoms with E-state index in [1.807, 2.05) is 30.3 Å². The number of carbonyl (C=O) groups is 1. The van der Waals surface area contributed by atoms with E-state index in [2.05, 4.69) is 10.2 Å². The summed E-state index contributed by atoms with van der Waals surface area (Å²) in [4.78, 5) is 11.6. The minimum absolute atomic E-state index is 0.189. The summed E-state index contributed by atoms with van der Waals surface area (Å²) in [6.07, 6.45) is -0.540. The molecule has 0 amide bonds. The van der Waals surface area contributed by atoms with Gasteiger partial charge in [0.2, 0.25) is 5.01 Å². The third-order valence-electron chi connectivity index (χ3n) is 2.19. The zero-order valence-corrected chi connectivity index (χ0v) is 10.6. The lowest BCUT2D eigenvalue weighted by atomic mass is 10.2. The van der Waals surface area contributed by atoms with E-state index in [4.69, 9.17) is 9.84 Å². The van der Waals surface area contributed by atoms with Crippen molar-refractivity contribution in [3.63, 3.8) is 0 Å². The van der Waals surface area contributed by atoms with Gasteiger partial charge in [0.05, 0.1) is 6.61 Å². The van der Waals surface area contributed by atoms with Gasteiger partial charge in [0.1, 0.15) is 11.1 Å². The van der Waals surface area contributed by atoms with Crippen LogP contribution < -0.4 is 0 Å². The minimum Gasteiger partial charge on any atom is -0.455 e. The zero-order chi connectivity index (χ0) is 13.0. The van der Waals surface area contributed by atoms with E-state index in [9.17, 15) is 4.79 Å². The van der Waals surface area contributed by atoms with Gasteiger partial charge in [0.15, 0.2) is 0 Å². The van der Waals surface area contributed by atoms with Crippen LogP contribution in [0.2, 0.25) is 0 Å². The molecule has 0 saturated carbocycles. The molecule has 1 aromatic carbocycles. The van der Waals surface area contributed by atoms with Crippen molar-refractivity contribution in [2.75, 3.05) is 6.61 Å². The molecule has 5 nitrogen and oxygen atoms in total. The molecule has 0 spiro atoms. The number of aliphatic hydroxyl groups excluding tert-OH is 1. The highest BCUT2D eigenvalue weighted by Crippen LogP contribution is 2.23. The fraction of sp³-hybridized carbons (Fsp3) is 0.250. The molecule has 0 aliphatic heterocycles. The molecule has 0 bridgehead atoms. The molecular formula is C12H12N2O3S. The predicted octanol–water partition coefficient (Wildman–Crippen LogP) is 1.74. The van der Waals surface area contributed by atoms with E-state index in [0.29, 0.717) is 5.01 Å². The Hall–Kier alpha value is -1.79. The van der Waals surface area contributed by atoms with Crippen LogP contribution in [-0.4, -0.2) is 34.0 Å². The first-order valence-corrected chi connectivity index (χ1v) is 6.23. The summed E-state index contributed by atoms with van der Waals surface area (Å²) in [6, 6.07) is 9.48. The fourth-order valence-corrected chi connectivity index (χ4v) is 2.01. The van der Waals surface area contributed by atoms with Gasteiger partial charge in [-0.15, -0.1) is 10.2 Å². The van der Waals surface area contributed by atoms with Gasteiger partial charge in [-0.2, -0.15) is 0 Å². The van der Waals surface area contributed by atoms with Crippen molar-refractivity contribution in [1.29, 1.82) is 0 Å². The summed E-state index contributed by atoms with van der Waals surface area (Å²) in [5, 5.41) is 17.4. The highest BCUT2D eigenvalue weighted by atomic mass is 32.1. The topological polar surface area (TPSA) is 72.3 Å². The monoisotopic (exact) mass is 264 g/mol. The van der Waals surface area contributed by atoms with Crippen LogP contribution in [0, 0.1) is 0 Å². The molecule has 94 valence electrons. The van der Waals surface area contributed by atoms with Crippen LogP contribution >= 0.6 is 11.3 Å². The Morgan fingerprint density at radius 3 is 2.78 bits per heavy atom. The van der Waals surface area contributed by atoms with Crippen LogP contribution in [0.5, 0.6) is 0 Å². The van der Waals surface area contributed by atoms with Crippen LogP contribution in [0.15, 0.2) is 30.3 Å². The number of aliphatic hydroxyl groups is 1. The largest absolute Gasteiger partial charge is 0.455 e. The van der Waals surface area contributed by atoms with Crippen molar-refractivity contribution in [2.24, 2.45) is 0 Å². The van der Waals surface area contributed by atoms with Gasteiger partial charge in [-0.1, -0.05) is 41.7 Å². The molecule has 18 heavy (non-hydrogen) atoms. The Bertz CT molecular complexity index is 527. The lowest BCUT2D eigenvalue weighted by molar-refractivity contribution is 0.0195. The van der Waals surface area contributed by atoms with Crippen LogP contribution in [0.25, 0.3) is 10.6 Å². The second kappa shape index (κ2) is 5.70. The van der Waals surface area contributed by atoms with Gasteiger partial charge in [-0.05, 0) is 6.92 Å². The Labute approximate surface area is 108 Å². The van der Waals surface area contributed by atoms with Gasteiger partial charge in [-0.25, -0.2) is 4.79 Å². The lowest BCUT2D eigenvalue weighted by Gasteiger charge is -2.07. The molecular weight excluding hydrogens is 252 g/mol. The SMILES string of the molecule is CC(CO)OC(=O)c1nnc(-c2ccccc2)s1. The molecule has 1 heterocycles. The number of benzene rings is 1. The second-order valence-corrected chi connectivity index (χ2v) is 4.65. The standard InChI is InChI=1S/C12H12N2O3S/c1-8(7-15)17-12(16)11-14-13-10(18-11)9-5-3-2-4-6-9/h2-6,8,15H,7H2,1H3. The Kier molecular flexibility index (Phi) is 4.01. The number of hydrogen-bond acceptors (Lipinski definition) is 6. The highest BCUT2D eigenvalue weighted by molar-refractivity contribution is 7.16. The average Bonchev–Trinajstić information content (AvgIpc) is 2.89. The number of hydrogen-bond donors (Lipinski definition) is 1. The Morgan fingerprint density at radius 1 is 1.39 bits per heavy atom. The smallest absolute Gasteiger partial charge is 0.369 e. The molecule has 1 N–H and O–H groups in total. The minimum atomic E-state index is -0.559.